The van der Waals surface area contributed by atoms with Gasteiger partial charge in [0, 0.05) is 5.02 Å². The first-order valence-corrected chi connectivity index (χ1v) is 10.3. The van der Waals surface area contributed by atoms with Crippen molar-refractivity contribution in [2.24, 2.45) is 5.92 Å². The number of carbonyl (C=O) groups excluding carboxylic acids is 2. The second kappa shape index (κ2) is 7.93. The van der Waals surface area contributed by atoms with Crippen LogP contribution in [0.4, 0.5) is 15.8 Å². The van der Waals surface area contributed by atoms with Crippen LogP contribution in [0.15, 0.2) is 72.8 Å². The number of hydrogen-bond acceptors (Lipinski definition) is 5. The third-order valence-corrected chi connectivity index (χ3v) is 5.99. The molecule has 32 heavy (non-hydrogen) atoms. The Morgan fingerprint density at radius 1 is 0.875 bits per heavy atom. The van der Waals surface area contributed by atoms with Gasteiger partial charge in [0.2, 0.25) is 5.91 Å². The fourth-order valence-electron chi connectivity index (χ4n) is 4.21. The Labute approximate surface area is 188 Å². The average molecular weight is 453 g/mol. The van der Waals surface area contributed by atoms with Gasteiger partial charge in [-0.1, -0.05) is 23.7 Å². The Morgan fingerprint density at radius 3 is 2.12 bits per heavy atom. The van der Waals surface area contributed by atoms with Crippen molar-refractivity contribution in [1.82, 2.24) is 0 Å². The van der Waals surface area contributed by atoms with Gasteiger partial charge in [0.25, 0.3) is 5.91 Å². The average Bonchev–Trinajstić information content (AvgIpc) is 3.31. The molecule has 5 rings (SSSR count). The molecule has 0 saturated carbocycles. The molecule has 2 fully saturated rings. The summed E-state index contributed by atoms with van der Waals surface area (Å²) >= 11 is 6.02. The standard InChI is InChI=1S/C24H18ClFN2O4/c1-31-19-12-10-17(11-13-19)27-23(29)20-21(14-2-6-16(26)7-3-14)28(32-22(20)24(27)30)18-8-4-15(25)5-9-18/h2-13,20-22H,1H3/t20-,21-,22-/m1/s1. The second-order valence-corrected chi connectivity index (χ2v) is 8.00. The Morgan fingerprint density at radius 2 is 1.50 bits per heavy atom. The number of anilines is 2. The zero-order chi connectivity index (χ0) is 22.4. The molecule has 0 aromatic heterocycles. The lowest BCUT2D eigenvalue weighted by Gasteiger charge is -2.28. The van der Waals surface area contributed by atoms with Gasteiger partial charge in [0.15, 0.2) is 6.10 Å². The fraction of sp³-hybridized carbons (Fsp3) is 0.167. The highest BCUT2D eigenvalue weighted by Gasteiger charge is 2.60. The lowest BCUT2D eigenvalue weighted by molar-refractivity contribution is -0.126. The van der Waals surface area contributed by atoms with Gasteiger partial charge in [-0.3, -0.25) is 14.4 Å². The normalized spacial score (nSPS) is 22.4. The van der Waals surface area contributed by atoms with Crippen molar-refractivity contribution in [1.29, 1.82) is 0 Å². The van der Waals surface area contributed by atoms with E-state index in [1.807, 2.05) is 0 Å². The van der Waals surface area contributed by atoms with Crippen molar-refractivity contribution < 1.29 is 23.6 Å². The molecule has 0 bridgehead atoms. The Kier molecular flexibility index (Phi) is 5.07. The molecule has 6 nitrogen and oxygen atoms in total. The Balaban J connectivity index is 1.55. The summed E-state index contributed by atoms with van der Waals surface area (Å²) in [6.07, 6.45) is -1.00. The van der Waals surface area contributed by atoms with Crippen molar-refractivity contribution in [3.63, 3.8) is 0 Å². The number of imide groups is 1. The van der Waals surface area contributed by atoms with Crippen LogP contribution in [-0.4, -0.2) is 25.0 Å². The van der Waals surface area contributed by atoms with Crippen LogP contribution in [0.3, 0.4) is 0 Å². The molecule has 2 heterocycles. The van der Waals surface area contributed by atoms with Crippen LogP contribution in [0, 0.1) is 11.7 Å². The lowest BCUT2D eigenvalue weighted by Crippen LogP contribution is -2.37. The number of carbonyl (C=O) groups is 2. The summed E-state index contributed by atoms with van der Waals surface area (Å²) < 4.78 is 18.7. The smallest absolute Gasteiger partial charge is 0.266 e. The van der Waals surface area contributed by atoms with E-state index in [9.17, 15) is 14.0 Å². The summed E-state index contributed by atoms with van der Waals surface area (Å²) in [5.74, 6) is -1.41. The number of benzene rings is 3. The molecule has 0 radical (unpaired) electrons. The molecule has 3 aromatic carbocycles. The fourth-order valence-corrected chi connectivity index (χ4v) is 4.34. The largest absolute Gasteiger partial charge is 0.497 e. The van der Waals surface area contributed by atoms with E-state index in [4.69, 9.17) is 21.2 Å². The second-order valence-electron chi connectivity index (χ2n) is 7.56. The van der Waals surface area contributed by atoms with Crippen molar-refractivity contribution >= 4 is 34.8 Å². The topological polar surface area (TPSA) is 59.1 Å². The molecule has 162 valence electrons. The van der Waals surface area contributed by atoms with E-state index in [-0.39, 0.29) is 5.91 Å². The summed E-state index contributed by atoms with van der Waals surface area (Å²) in [5, 5.41) is 2.09. The summed E-state index contributed by atoms with van der Waals surface area (Å²) in [5.41, 5.74) is 1.73. The highest BCUT2D eigenvalue weighted by Crippen LogP contribution is 2.47. The molecule has 0 aliphatic carbocycles. The zero-order valence-corrected chi connectivity index (χ0v) is 17.7. The van der Waals surface area contributed by atoms with Crippen molar-refractivity contribution in [2.45, 2.75) is 12.1 Å². The molecule has 8 heteroatoms. The van der Waals surface area contributed by atoms with Crippen LogP contribution in [0.2, 0.25) is 5.02 Å². The first-order chi connectivity index (χ1) is 15.5. The minimum atomic E-state index is -1.00. The summed E-state index contributed by atoms with van der Waals surface area (Å²) in [4.78, 5) is 34.0. The monoisotopic (exact) mass is 452 g/mol. The van der Waals surface area contributed by atoms with Crippen LogP contribution in [0.1, 0.15) is 11.6 Å². The van der Waals surface area contributed by atoms with Gasteiger partial charge in [0.05, 0.1) is 24.5 Å². The lowest BCUT2D eigenvalue weighted by atomic mass is 9.90. The van der Waals surface area contributed by atoms with Crippen LogP contribution >= 0.6 is 11.6 Å². The molecule has 0 spiro atoms. The number of hydroxylamine groups is 1. The van der Waals surface area contributed by atoms with Gasteiger partial charge < -0.3 is 4.74 Å². The Hall–Kier alpha value is -3.42. The molecular formula is C24H18ClFN2O4. The van der Waals surface area contributed by atoms with Crippen LogP contribution in [0.25, 0.3) is 0 Å². The summed E-state index contributed by atoms with van der Waals surface area (Å²) in [6.45, 7) is 0. The molecule has 2 saturated heterocycles. The third kappa shape index (κ3) is 3.30. The molecule has 3 aromatic rings. The van der Waals surface area contributed by atoms with E-state index in [0.717, 1.165) is 4.90 Å². The number of nitrogens with zero attached hydrogens (tertiary/aromatic N) is 2. The van der Waals surface area contributed by atoms with E-state index in [1.54, 1.807) is 65.7 Å². The first-order valence-electron chi connectivity index (χ1n) is 9.97. The SMILES string of the molecule is COc1ccc(N2C(=O)[C@@H]3[C@@H](c4ccc(F)cc4)N(c4ccc(Cl)cc4)O[C@H]3C2=O)cc1. The van der Waals surface area contributed by atoms with Crippen molar-refractivity contribution in [2.75, 3.05) is 17.1 Å². The third-order valence-electron chi connectivity index (χ3n) is 5.74. The van der Waals surface area contributed by atoms with E-state index in [0.29, 0.717) is 27.7 Å². The van der Waals surface area contributed by atoms with Crippen molar-refractivity contribution in [3.05, 3.63) is 89.2 Å². The van der Waals surface area contributed by atoms with E-state index in [2.05, 4.69) is 0 Å². The van der Waals surface area contributed by atoms with E-state index in [1.165, 1.54) is 19.2 Å². The summed E-state index contributed by atoms with van der Waals surface area (Å²) in [6, 6.07) is 18.8. The van der Waals surface area contributed by atoms with Gasteiger partial charge in [-0.2, -0.15) is 0 Å². The molecular weight excluding hydrogens is 435 g/mol. The maximum Gasteiger partial charge on any atom is 0.266 e. The highest BCUT2D eigenvalue weighted by atomic mass is 35.5. The van der Waals surface area contributed by atoms with Gasteiger partial charge >= 0.3 is 0 Å². The highest BCUT2D eigenvalue weighted by molar-refractivity contribution is 6.30. The van der Waals surface area contributed by atoms with Crippen LogP contribution < -0.4 is 14.7 Å². The maximum absolute atomic E-state index is 13.6. The van der Waals surface area contributed by atoms with Gasteiger partial charge in [-0.15, -0.1) is 0 Å². The molecule has 0 unspecified atom stereocenters. The van der Waals surface area contributed by atoms with E-state index >= 15 is 0 Å². The maximum atomic E-state index is 13.6. The molecule has 2 amide bonds. The van der Waals surface area contributed by atoms with E-state index < -0.39 is 29.8 Å². The zero-order valence-electron chi connectivity index (χ0n) is 16.9. The van der Waals surface area contributed by atoms with Gasteiger partial charge in [-0.05, 0) is 66.2 Å². The van der Waals surface area contributed by atoms with Gasteiger partial charge in [0.1, 0.15) is 17.5 Å². The summed E-state index contributed by atoms with van der Waals surface area (Å²) in [7, 11) is 1.54. The van der Waals surface area contributed by atoms with Gasteiger partial charge in [-0.25, -0.2) is 14.4 Å². The number of ether oxygens (including phenoxy) is 1. The number of hydrogen-bond donors (Lipinski definition) is 0. The minimum absolute atomic E-state index is 0.379. The predicted molar refractivity (Wildman–Crippen MR) is 117 cm³/mol. The minimum Gasteiger partial charge on any atom is -0.497 e. The molecule has 2 aliphatic heterocycles. The first kappa shape index (κ1) is 20.5. The predicted octanol–water partition coefficient (Wildman–Crippen LogP) is 4.54. The van der Waals surface area contributed by atoms with Crippen molar-refractivity contribution in [3.8, 4) is 5.75 Å². The number of amides is 2. The Bertz CT molecular complexity index is 1170. The molecule has 0 N–H and O–H groups in total. The molecule has 3 atom stereocenters. The number of halogens is 2. The van der Waals surface area contributed by atoms with Crippen LogP contribution in [0.5, 0.6) is 5.75 Å². The number of fused-ring (bicyclic) bond motifs is 1. The quantitative estimate of drug-likeness (QED) is 0.544. The number of rotatable bonds is 4. The van der Waals surface area contributed by atoms with Crippen LogP contribution in [-0.2, 0) is 14.4 Å². The molecule has 2 aliphatic rings. The number of methoxy groups -OCH3 is 1.